The lowest BCUT2D eigenvalue weighted by molar-refractivity contribution is -0.137. The van der Waals surface area contributed by atoms with E-state index in [1.165, 1.54) is 25.4 Å². The van der Waals surface area contributed by atoms with Crippen LogP contribution in [0.4, 0.5) is 23.4 Å². The standard InChI is InChI=1S/C15H14ClF4N3/c1-9(17)13-12(16)14(23-8-22-13)21-7-6-10-2-4-11(5-3-10)15(18,19)20/h2-5,8-9H,6-7H2,1H3,(H,21,22,23). The zero-order valence-corrected chi connectivity index (χ0v) is 12.9. The second-order valence-corrected chi connectivity index (χ2v) is 5.29. The molecule has 0 radical (unpaired) electrons. The highest BCUT2D eigenvalue weighted by Crippen LogP contribution is 2.29. The first kappa shape index (κ1) is 17.5. The molecule has 0 aliphatic rings. The van der Waals surface area contributed by atoms with Crippen molar-refractivity contribution in [2.24, 2.45) is 0 Å². The highest BCUT2D eigenvalue weighted by molar-refractivity contribution is 6.33. The Balaban J connectivity index is 1.97. The number of alkyl halides is 4. The molecular formula is C15H14ClF4N3. The fraction of sp³-hybridized carbons (Fsp3) is 0.333. The Labute approximate surface area is 135 Å². The topological polar surface area (TPSA) is 37.8 Å². The number of aromatic nitrogens is 2. The van der Waals surface area contributed by atoms with Crippen molar-refractivity contribution in [2.75, 3.05) is 11.9 Å². The van der Waals surface area contributed by atoms with Gasteiger partial charge in [-0.25, -0.2) is 14.4 Å². The molecule has 0 saturated carbocycles. The summed E-state index contributed by atoms with van der Waals surface area (Å²) in [6.45, 7) is 1.71. The van der Waals surface area contributed by atoms with E-state index in [0.29, 0.717) is 18.8 Å². The van der Waals surface area contributed by atoms with Crippen LogP contribution >= 0.6 is 11.6 Å². The lowest BCUT2D eigenvalue weighted by Crippen LogP contribution is -2.09. The first-order valence-electron chi connectivity index (χ1n) is 6.83. The number of benzene rings is 1. The summed E-state index contributed by atoms with van der Waals surface area (Å²) in [5.41, 5.74) is 0.142. The minimum Gasteiger partial charge on any atom is -0.368 e. The Morgan fingerprint density at radius 1 is 1.17 bits per heavy atom. The van der Waals surface area contributed by atoms with E-state index in [1.807, 2.05) is 0 Å². The molecular weight excluding hydrogens is 334 g/mol. The minimum atomic E-state index is -4.34. The van der Waals surface area contributed by atoms with Crippen LogP contribution in [-0.2, 0) is 12.6 Å². The van der Waals surface area contributed by atoms with Gasteiger partial charge in [0, 0.05) is 6.54 Å². The monoisotopic (exact) mass is 347 g/mol. The predicted octanol–water partition coefficient (Wildman–Crippen LogP) is 4.83. The molecule has 124 valence electrons. The third-order valence-corrected chi connectivity index (χ3v) is 3.55. The number of anilines is 1. The van der Waals surface area contributed by atoms with Crippen molar-refractivity contribution in [2.45, 2.75) is 25.7 Å². The second kappa shape index (κ2) is 7.12. The molecule has 0 saturated heterocycles. The summed E-state index contributed by atoms with van der Waals surface area (Å²) in [6, 6.07) is 4.91. The Kier molecular flexibility index (Phi) is 5.41. The number of halogens is 5. The van der Waals surface area contributed by atoms with E-state index in [0.717, 1.165) is 17.7 Å². The van der Waals surface area contributed by atoms with Crippen LogP contribution in [0.25, 0.3) is 0 Å². The van der Waals surface area contributed by atoms with Crippen LogP contribution in [0.3, 0.4) is 0 Å². The molecule has 1 atom stereocenters. The van der Waals surface area contributed by atoms with Gasteiger partial charge in [0.2, 0.25) is 0 Å². The van der Waals surface area contributed by atoms with Crippen LogP contribution in [0.15, 0.2) is 30.6 Å². The molecule has 1 unspecified atom stereocenters. The first-order valence-corrected chi connectivity index (χ1v) is 7.21. The fourth-order valence-electron chi connectivity index (χ4n) is 1.97. The van der Waals surface area contributed by atoms with Gasteiger partial charge in [-0.2, -0.15) is 13.2 Å². The maximum atomic E-state index is 13.3. The van der Waals surface area contributed by atoms with Crippen LogP contribution in [0.5, 0.6) is 0 Å². The maximum absolute atomic E-state index is 13.3. The summed E-state index contributed by atoms with van der Waals surface area (Å²) in [5.74, 6) is 0.299. The van der Waals surface area contributed by atoms with E-state index in [4.69, 9.17) is 11.6 Å². The van der Waals surface area contributed by atoms with E-state index in [-0.39, 0.29) is 10.7 Å². The Hall–Kier alpha value is -1.89. The van der Waals surface area contributed by atoms with Crippen LogP contribution in [0.2, 0.25) is 5.02 Å². The quantitative estimate of drug-likeness (QED) is 0.787. The summed E-state index contributed by atoms with van der Waals surface area (Å²) >= 11 is 6.00. The van der Waals surface area contributed by atoms with Gasteiger partial charge in [0.25, 0.3) is 0 Å². The number of nitrogens with one attached hydrogen (secondary N) is 1. The lowest BCUT2D eigenvalue weighted by atomic mass is 10.1. The molecule has 2 rings (SSSR count). The summed E-state index contributed by atoms with van der Waals surface area (Å²) in [7, 11) is 0. The molecule has 0 bridgehead atoms. The number of hydrogen-bond donors (Lipinski definition) is 1. The predicted molar refractivity (Wildman–Crippen MR) is 80.2 cm³/mol. The van der Waals surface area contributed by atoms with Crippen LogP contribution < -0.4 is 5.32 Å². The van der Waals surface area contributed by atoms with Gasteiger partial charge in [0.15, 0.2) is 0 Å². The highest BCUT2D eigenvalue weighted by atomic mass is 35.5. The molecule has 1 heterocycles. The van der Waals surface area contributed by atoms with Crippen LogP contribution in [-0.4, -0.2) is 16.5 Å². The van der Waals surface area contributed by atoms with Crippen molar-refractivity contribution in [3.63, 3.8) is 0 Å². The second-order valence-electron chi connectivity index (χ2n) is 4.91. The molecule has 0 aliphatic heterocycles. The number of nitrogens with zero attached hydrogens (tertiary/aromatic N) is 2. The van der Waals surface area contributed by atoms with Crippen molar-refractivity contribution in [3.8, 4) is 0 Å². The molecule has 0 spiro atoms. The van der Waals surface area contributed by atoms with E-state index < -0.39 is 17.9 Å². The molecule has 1 aromatic carbocycles. The largest absolute Gasteiger partial charge is 0.416 e. The summed E-state index contributed by atoms with van der Waals surface area (Å²) in [6.07, 6.45) is -3.98. The number of hydrogen-bond acceptors (Lipinski definition) is 3. The molecule has 0 fully saturated rings. The maximum Gasteiger partial charge on any atom is 0.416 e. The SMILES string of the molecule is CC(F)c1ncnc(NCCc2ccc(C(F)(F)F)cc2)c1Cl. The average Bonchev–Trinajstić information content (AvgIpc) is 2.48. The van der Waals surface area contributed by atoms with E-state index in [9.17, 15) is 17.6 Å². The Morgan fingerprint density at radius 3 is 2.39 bits per heavy atom. The molecule has 0 amide bonds. The van der Waals surface area contributed by atoms with E-state index in [1.54, 1.807) is 0 Å². The van der Waals surface area contributed by atoms with Gasteiger partial charge in [0.1, 0.15) is 23.3 Å². The van der Waals surface area contributed by atoms with Crippen molar-refractivity contribution in [3.05, 3.63) is 52.4 Å². The van der Waals surface area contributed by atoms with E-state index in [2.05, 4.69) is 15.3 Å². The van der Waals surface area contributed by atoms with E-state index >= 15 is 0 Å². The summed E-state index contributed by atoms with van der Waals surface area (Å²) in [5, 5.41) is 3.04. The summed E-state index contributed by atoms with van der Waals surface area (Å²) < 4.78 is 50.7. The van der Waals surface area contributed by atoms with Gasteiger partial charge < -0.3 is 5.32 Å². The van der Waals surface area contributed by atoms with Crippen LogP contribution in [0.1, 0.15) is 29.9 Å². The lowest BCUT2D eigenvalue weighted by Gasteiger charge is -2.11. The molecule has 1 aromatic heterocycles. The van der Waals surface area contributed by atoms with Gasteiger partial charge in [0.05, 0.1) is 11.3 Å². The Bertz CT molecular complexity index is 657. The van der Waals surface area contributed by atoms with Gasteiger partial charge in [-0.05, 0) is 31.0 Å². The zero-order chi connectivity index (χ0) is 17.0. The highest BCUT2D eigenvalue weighted by Gasteiger charge is 2.29. The van der Waals surface area contributed by atoms with Crippen LogP contribution in [0, 0.1) is 0 Å². The van der Waals surface area contributed by atoms with Gasteiger partial charge in [-0.15, -0.1) is 0 Å². The normalized spacial score (nSPS) is 13.0. The summed E-state index contributed by atoms with van der Waals surface area (Å²) in [4.78, 5) is 7.70. The van der Waals surface area contributed by atoms with Gasteiger partial charge >= 0.3 is 6.18 Å². The fourth-order valence-corrected chi connectivity index (χ4v) is 2.28. The third-order valence-electron chi connectivity index (χ3n) is 3.18. The molecule has 8 heteroatoms. The van der Waals surface area contributed by atoms with Crippen molar-refractivity contribution in [1.82, 2.24) is 9.97 Å². The first-order chi connectivity index (χ1) is 10.8. The van der Waals surface area contributed by atoms with Crippen molar-refractivity contribution in [1.29, 1.82) is 0 Å². The van der Waals surface area contributed by atoms with Gasteiger partial charge in [-0.1, -0.05) is 23.7 Å². The molecule has 3 nitrogen and oxygen atoms in total. The smallest absolute Gasteiger partial charge is 0.368 e. The minimum absolute atomic E-state index is 0.0960. The Morgan fingerprint density at radius 2 is 1.83 bits per heavy atom. The third kappa shape index (κ3) is 4.54. The number of rotatable bonds is 5. The van der Waals surface area contributed by atoms with Crippen molar-refractivity contribution >= 4 is 17.4 Å². The van der Waals surface area contributed by atoms with Gasteiger partial charge in [-0.3, -0.25) is 0 Å². The molecule has 2 aromatic rings. The molecule has 1 N–H and O–H groups in total. The average molecular weight is 348 g/mol. The zero-order valence-electron chi connectivity index (χ0n) is 12.2. The van der Waals surface area contributed by atoms with Crippen molar-refractivity contribution < 1.29 is 17.6 Å². The molecule has 23 heavy (non-hydrogen) atoms. The molecule has 0 aliphatic carbocycles.